The number of aromatic nitrogens is 2. The van der Waals surface area contributed by atoms with Crippen LogP contribution in [-0.2, 0) is 0 Å². The molecule has 1 heterocycles. The van der Waals surface area contributed by atoms with Crippen molar-refractivity contribution in [1.82, 2.24) is 9.55 Å². The Morgan fingerprint density at radius 3 is 2.60 bits per heavy atom. The summed E-state index contributed by atoms with van der Waals surface area (Å²) in [5.41, 5.74) is 8.89. The molecule has 0 saturated heterocycles. The van der Waals surface area contributed by atoms with Gasteiger partial charge in [-0.15, -0.1) is 0 Å². The molecule has 0 aliphatic rings. The molecule has 0 spiro atoms. The van der Waals surface area contributed by atoms with E-state index >= 15 is 0 Å². The third kappa shape index (κ3) is 2.23. The molecular weight excluding hydrogens is 293 g/mol. The summed E-state index contributed by atoms with van der Waals surface area (Å²) in [7, 11) is 0. The fourth-order valence-electron chi connectivity index (χ4n) is 2.41. The van der Waals surface area contributed by atoms with Crippen molar-refractivity contribution >= 4 is 40.2 Å². The lowest BCUT2D eigenvalue weighted by Crippen LogP contribution is -2.10. The van der Waals surface area contributed by atoms with Crippen molar-refractivity contribution in [1.29, 1.82) is 0 Å². The second kappa shape index (κ2) is 5.00. The van der Waals surface area contributed by atoms with Crippen LogP contribution in [0.2, 0.25) is 10.0 Å². The Hall–Kier alpha value is -1.71. The van der Waals surface area contributed by atoms with E-state index in [2.05, 4.69) is 11.9 Å². The third-order valence-corrected chi connectivity index (χ3v) is 3.87. The number of imidazole rings is 1. The van der Waals surface area contributed by atoms with Crippen LogP contribution in [-0.4, -0.2) is 9.55 Å². The first kappa shape index (κ1) is 13.3. The molecule has 5 heteroatoms. The molecular formula is C15H13Cl2N3. The largest absolute Gasteiger partial charge is 0.369 e. The van der Waals surface area contributed by atoms with E-state index in [1.807, 2.05) is 47.0 Å². The summed E-state index contributed by atoms with van der Waals surface area (Å²) in [4.78, 5) is 4.37. The molecule has 1 unspecified atom stereocenters. The minimum atomic E-state index is 0.0416. The molecule has 0 radical (unpaired) electrons. The summed E-state index contributed by atoms with van der Waals surface area (Å²) in [5.74, 6) is 0.467. The van der Waals surface area contributed by atoms with Crippen LogP contribution >= 0.6 is 23.2 Å². The first-order valence-corrected chi connectivity index (χ1v) is 7.00. The molecule has 0 aliphatic carbocycles. The molecule has 3 rings (SSSR count). The zero-order valence-electron chi connectivity index (χ0n) is 10.8. The first-order chi connectivity index (χ1) is 9.56. The number of anilines is 1. The van der Waals surface area contributed by atoms with E-state index in [1.165, 1.54) is 0 Å². The van der Waals surface area contributed by atoms with E-state index in [9.17, 15) is 0 Å². The number of benzene rings is 2. The molecule has 3 aromatic rings. The van der Waals surface area contributed by atoms with Gasteiger partial charge in [-0.25, -0.2) is 4.98 Å². The minimum Gasteiger partial charge on any atom is -0.369 e. The number of fused-ring (bicyclic) bond motifs is 1. The Labute approximate surface area is 126 Å². The topological polar surface area (TPSA) is 43.8 Å². The minimum absolute atomic E-state index is 0.0416. The quantitative estimate of drug-likeness (QED) is 0.755. The Balaban J connectivity index is 2.16. The highest BCUT2D eigenvalue weighted by Crippen LogP contribution is 2.29. The number of hydrogen-bond acceptors (Lipinski definition) is 2. The normalized spacial score (nSPS) is 12.8. The molecule has 0 aliphatic heterocycles. The van der Waals surface area contributed by atoms with Crippen LogP contribution in [0, 0.1) is 0 Å². The van der Waals surface area contributed by atoms with Crippen LogP contribution in [0.1, 0.15) is 18.5 Å². The lowest BCUT2D eigenvalue weighted by Gasteiger charge is -2.16. The fraction of sp³-hybridized carbons (Fsp3) is 0.133. The summed E-state index contributed by atoms with van der Waals surface area (Å²) < 4.78 is 1.98. The Morgan fingerprint density at radius 2 is 1.85 bits per heavy atom. The van der Waals surface area contributed by atoms with Crippen LogP contribution in [0.15, 0.2) is 42.5 Å². The molecule has 2 N–H and O–H groups in total. The van der Waals surface area contributed by atoms with Gasteiger partial charge in [-0.1, -0.05) is 35.3 Å². The number of nitrogens with zero attached hydrogens (tertiary/aromatic N) is 2. The van der Waals surface area contributed by atoms with Crippen molar-refractivity contribution in [2.45, 2.75) is 13.0 Å². The predicted octanol–water partition coefficient (Wildman–Crippen LogP) is 4.53. The summed E-state index contributed by atoms with van der Waals surface area (Å²) in [6.45, 7) is 2.07. The van der Waals surface area contributed by atoms with Crippen LogP contribution in [0.4, 0.5) is 5.95 Å². The van der Waals surface area contributed by atoms with Crippen molar-refractivity contribution in [2.24, 2.45) is 0 Å². The molecule has 1 aromatic heterocycles. The summed E-state index contributed by atoms with van der Waals surface area (Å²) >= 11 is 12.0. The maximum absolute atomic E-state index is 6.06. The van der Waals surface area contributed by atoms with Crippen LogP contribution in [0.5, 0.6) is 0 Å². The molecule has 0 saturated carbocycles. The van der Waals surface area contributed by atoms with Crippen molar-refractivity contribution in [3.05, 3.63) is 58.1 Å². The van der Waals surface area contributed by atoms with Gasteiger partial charge in [0.2, 0.25) is 5.95 Å². The lowest BCUT2D eigenvalue weighted by atomic mass is 10.1. The van der Waals surface area contributed by atoms with Crippen LogP contribution in [0.25, 0.3) is 11.0 Å². The zero-order chi connectivity index (χ0) is 14.3. The third-order valence-electron chi connectivity index (χ3n) is 3.40. The zero-order valence-corrected chi connectivity index (χ0v) is 12.4. The highest BCUT2D eigenvalue weighted by atomic mass is 35.5. The van der Waals surface area contributed by atoms with E-state index < -0.39 is 0 Å². The molecule has 0 amide bonds. The van der Waals surface area contributed by atoms with Crippen LogP contribution in [0.3, 0.4) is 0 Å². The Bertz CT molecular complexity index is 780. The molecule has 2 aromatic carbocycles. The summed E-state index contributed by atoms with van der Waals surface area (Å²) in [5, 5.41) is 1.36. The summed E-state index contributed by atoms with van der Waals surface area (Å²) in [6, 6.07) is 13.4. The fourth-order valence-corrected chi connectivity index (χ4v) is 2.78. The van der Waals surface area contributed by atoms with Gasteiger partial charge < -0.3 is 10.3 Å². The van der Waals surface area contributed by atoms with Gasteiger partial charge >= 0.3 is 0 Å². The second-order valence-corrected chi connectivity index (χ2v) is 5.58. The van der Waals surface area contributed by atoms with Gasteiger partial charge in [0.05, 0.1) is 17.1 Å². The smallest absolute Gasteiger partial charge is 0.201 e. The van der Waals surface area contributed by atoms with Crippen molar-refractivity contribution in [3.8, 4) is 0 Å². The number of rotatable bonds is 2. The van der Waals surface area contributed by atoms with Gasteiger partial charge in [0, 0.05) is 10.0 Å². The molecule has 1 atom stereocenters. The van der Waals surface area contributed by atoms with Crippen LogP contribution < -0.4 is 5.73 Å². The molecule has 0 bridgehead atoms. The first-order valence-electron chi connectivity index (χ1n) is 6.24. The molecule has 20 heavy (non-hydrogen) atoms. The van der Waals surface area contributed by atoms with Gasteiger partial charge in [-0.2, -0.15) is 0 Å². The van der Waals surface area contributed by atoms with Crippen molar-refractivity contribution < 1.29 is 0 Å². The van der Waals surface area contributed by atoms with Crippen molar-refractivity contribution in [2.75, 3.05) is 5.73 Å². The summed E-state index contributed by atoms with van der Waals surface area (Å²) in [6.07, 6.45) is 0. The number of hydrogen-bond donors (Lipinski definition) is 1. The van der Waals surface area contributed by atoms with Gasteiger partial charge in [0.1, 0.15) is 0 Å². The highest BCUT2D eigenvalue weighted by Gasteiger charge is 2.16. The SMILES string of the molecule is CC(c1cccc(Cl)c1)n1c(N)nc2cc(Cl)ccc21. The lowest BCUT2D eigenvalue weighted by molar-refractivity contribution is 0.668. The number of nitrogens with two attached hydrogens (primary N) is 1. The van der Waals surface area contributed by atoms with Gasteiger partial charge in [-0.05, 0) is 42.8 Å². The van der Waals surface area contributed by atoms with Gasteiger partial charge in [0.15, 0.2) is 0 Å². The van der Waals surface area contributed by atoms with Gasteiger partial charge in [-0.3, -0.25) is 0 Å². The molecule has 3 nitrogen and oxygen atoms in total. The highest BCUT2D eigenvalue weighted by molar-refractivity contribution is 6.31. The molecule has 102 valence electrons. The Kier molecular flexibility index (Phi) is 3.32. The average molecular weight is 306 g/mol. The second-order valence-electron chi connectivity index (χ2n) is 4.70. The van der Waals surface area contributed by atoms with Crippen molar-refractivity contribution in [3.63, 3.8) is 0 Å². The van der Waals surface area contributed by atoms with E-state index in [4.69, 9.17) is 28.9 Å². The maximum atomic E-state index is 6.06. The standard InChI is InChI=1S/C15H13Cl2N3/c1-9(10-3-2-4-11(16)7-10)20-14-6-5-12(17)8-13(14)19-15(20)18/h2-9H,1H3,(H2,18,19). The van der Waals surface area contributed by atoms with Gasteiger partial charge in [0.25, 0.3) is 0 Å². The number of halogens is 2. The maximum Gasteiger partial charge on any atom is 0.201 e. The molecule has 0 fully saturated rings. The Morgan fingerprint density at radius 1 is 1.10 bits per heavy atom. The predicted molar refractivity (Wildman–Crippen MR) is 84.4 cm³/mol. The number of nitrogen functional groups attached to an aromatic ring is 1. The average Bonchev–Trinajstić information content (AvgIpc) is 2.73. The van der Waals surface area contributed by atoms with E-state index in [-0.39, 0.29) is 6.04 Å². The van der Waals surface area contributed by atoms with E-state index in [1.54, 1.807) is 0 Å². The van der Waals surface area contributed by atoms with E-state index in [0.717, 1.165) is 16.6 Å². The van der Waals surface area contributed by atoms with E-state index in [0.29, 0.717) is 16.0 Å². The monoisotopic (exact) mass is 305 g/mol.